The van der Waals surface area contributed by atoms with E-state index in [4.69, 9.17) is 10.1 Å². The van der Waals surface area contributed by atoms with Crippen molar-refractivity contribution in [3.63, 3.8) is 0 Å². The number of benzene rings is 2. The van der Waals surface area contributed by atoms with Crippen molar-refractivity contribution in [1.29, 1.82) is 5.26 Å². The summed E-state index contributed by atoms with van der Waals surface area (Å²) in [6, 6.07) is 16.4. The van der Waals surface area contributed by atoms with E-state index in [0.29, 0.717) is 11.3 Å². The van der Waals surface area contributed by atoms with Gasteiger partial charge in [-0.1, -0.05) is 35.5 Å². The molecule has 0 saturated heterocycles. The molecule has 1 amide bonds. The van der Waals surface area contributed by atoms with E-state index in [1.54, 1.807) is 37.4 Å². The SMILES string of the molecule is Cc1ccccc1/C=N/OC(C)C(=O)Nc1cccc(C#N)c1. The highest BCUT2D eigenvalue weighted by atomic mass is 16.6. The normalized spacial score (nSPS) is 11.7. The van der Waals surface area contributed by atoms with Crippen LogP contribution in [0.4, 0.5) is 5.69 Å². The fraction of sp³-hybridized carbons (Fsp3) is 0.167. The molecule has 2 rings (SSSR count). The molecule has 5 nitrogen and oxygen atoms in total. The second kappa shape index (κ2) is 7.76. The molecule has 1 N–H and O–H groups in total. The molecular formula is C18H17N3O2. The van der Waals surface area contributed by atoms with Crippen LogP contribution >= 0.6 is 0 Å². The maximum Gasteiger partial charge on any atom is 0.267 e. The molecule has 0 aromatic heterocycles. The van der Waals surface area contributed by atoms with Crippen LogP contribution in [0.1, 0.15) is 23.6 Å². The van der Waals surface area contributed by atoms with Gasteiger partial charge >= 0.3 is 0 Å². The van der Waals surface area contributed by atoms with E-state index in [1.807, 2.05) is 37.3 Å². The van der Waals surface area contributed by atoms with Crippen LogP contribution in [0.2, 0.25) is 0 Å². The quantitative estimate of drug-likeness (QED) is 0.680. The summed E-state index contributed by atoms with van der Waals surface area (Å²) in [6.07, 6.45) is 0.830. The molecule has 0 heterocycles. The van der Waals surface area contributed by atoms with Crippen molar-refractivity contribution >= 4 is 17.8 Å². The van der Waals surface area contributed by atoms with E-state index < -0.39 is 6.10 Å². The van der Waals surface area contributed by atoms with Crippen molar-refractivity contribution < 1.29 is 9.63 Å². The summed E-state index contributed by atoms with van der Waals surface area (Å²) in [5.41, 5.74) is 3.04. The number of carbonyl (C=O) groups is 1. The highest BCUT2D eigenvalue weighted by Crippen LogP contribution is 2.11. The number of nitrogens with one attached hydrogen (secondary N) is 1. The Morgan fingerprint density at radius 2 is 2.09 bits per heavy atom. The lowest BCUT2D eigenvalue weighted by molar-refractivity contribution is -0.126. The van der Waals surface area contributed by atoms with Crippen molar-refractivity contribution in [2.75, 3.05) is 5.32 Å². The minimum Gasteiger partial charge on any atom is -0.383 e. The summed E-state index contributed by atoms with van der Waals surface area (Å²) >= 11 is 0. The maximum absolute atomic E-state index is 12.0. The van der Waals surface area contributed by atoms with Gasteiger partial charge in [0.1, 0.15) is 0 Å². The maximum atomic E-state index is 12.0. The summed E-state index contributed by atoms with van der Waals surface area (Å²) in [4.78, 5) is 17.2. The molecule has 0 aliphatic carbocycles. The number of nitriles is 1. The summed E-state index contributed by atoms with van der Waals surface area (Å²) < 4.78 is 0. The zero-order valence-electron chi connectivity index (χ0n) is 13.0. The largest absolute Gasteiger partial charge is 0.383 e. The second-order valence-electron chi connectivity index (χ2n) is 5.02. The topological polar surface area (TPSA) is 74.5 Å². The molecule has 0 fully saturated rings. The van der Waals surface area contributed by atoms with Gasteiger partial charge in [0.25, 0.3) is 5.91 Å². The van der Waals surface area contributed by atoms with Gasteiger partial charge in [0.15, 0.2) is 0 Å². The highest BCUT2D eigenvalue weighted by molar-refractivity contribution is 5.94. The summed E-state index contributed by atoms with van der Waals surface area (Å²) in [5.74, 6) is -0.331. The van der Waals surface area contributed by atoms with E-state index in [2.05, 4.69) is 10.5 Å². The van der Waals surface area contributed by atoms with Crippen LogP contribution < -0.4 is 5.32 Å². The van der Waals surface area contributed by atoms with Gasteiger partial charge in [0.05, 0.1) is 17.8 Å². The number of anilines is 1. The molecule has 0 saturated carbocycles. The Morgan fingerprint density at radius 1 is 1.30 bits per heavy atom. The smallest absolute Gasteiger partial charge is 0.267 e. The molecule has 23 heavy (non-hydrogen) atoms. The van der Waals surface area contributed by atoms with Gasteiger partial charge in [-0.05, 0) is 43.2 Å². The van der Waals surface area contributed by atoms with Crippen LogP contribution in [0.15, 0.2) is 53.7 Å². The van der Waals surface area contributed by atoms with Gasteiger partial charge in [-0.15, -0.1) is 0 Å². The van der Waals surface area contributed by atoms with E-state index in [-0.39, 0.29) is 5.91 Å². The minimum absolute atomic E-state index is 0.331. The average molecular weight is 307 g/mol. The van der Waals surface area contributed by atoms with Crippen LogP contribution in [0.3, 0.4) is 0 Å². The van der Waals surface area contributed by atoms with E-state index >= 15 is 0 Å². The van der Waals surface area contributed by atoms with Crippen molar-refractivity contribution in [3.8, 4) is 6.07 Å². The fourth-order valence-electron chi connectivity index (χ4n) is 1.87. The minimum atomic E-state index is -0.749. The molecule has 0 radical (unpaired) electrons. The predicted molar refractivity (Wildman–Crippen MR) is 89.1 cm³/mol. The first-order valence-corrected chi connectivity index (χ1v) is 7.16. The van der Waals surface area contributed by atoms with Gasteiger partial charge in [-0.25, -0.2) is 0 Å². The molecular weight excluding hydrogens is 290 g/mol. The molecule has 0 aliphatic heterocycles. The van der Waals surface area contributed by atoms with Gasteiger partial charge in [-0.2, -0.15) is 5.26 Å². The Kier molecular flexibility index (Phi) is 5.48. The van der Waals surface area contributed by atoms with Crippen LogP contribution in [0.25, 0.3) is 0 Å². The van der Waals surface area contributed by atoms with Crippen LogP contribution in [0.5, 0.6) is 0 Å². The Balaban J connectivity index is 1.92. The number of rotatable bonds is 5. The Hall–Kier alpha value is -3.13. The summed E-state index contributed by atoms with van der Waals surface area (Å²) in [6.45, 7) is 3.58. The zero-order valence-corrected chi connectivity index (χ0v) is 13.0. The Labute approximate surface area is 135 Å². The molecule has 0 bridgehead atoms. The zero-order chi connectivity index (χ0) is 16.7. The predicted octanol–water partition coefficient (Wildman–Crippen LogP) is 3.24. The Morgan fingerprint density at radius 3 is 2.83 bits per heavy atom. The van der Waals surface area contributed by atoms with Crippen LogP contribution in [0, 0.1) is 18.3 Å². The summed E-state index contributed by atoms with van der Waals surface area (Å²) in [5, 5.41) is 15.4. The van der Waals surface area contributed by atoms with Crippen molar-refractivity contribution in [1.82, 2.24) is 0 Å². The fourth-order valence-corrected chi connectivity index (χ4v) is 1.87. The number of nitrogens with zero attached hydrogens (tertiary/aromatic N) is 2. The van der Waals surface area contributed by atoms with Gasteiger partial charge in [0.2, 0.25) is 6.10 Å². The molecule has 2 aromatic carbocycles. The first-order valence-electron chi connectivity index (χ1n) is 7.16. The number of hydrogen-bond donors (Lipinski definition) is 1. The third-order valence-corrected chi connectivity index (χ3v) is 3.23. The van der Waals surface area contributed by atoms with E-state index in [1.165, 1.54) is 0 Å². The average Bonchev–Trinajstić information content (AvgIpc) is 2.56. The Bertz CT molecular complexity index is 763. The lowest BCUT2D eigenvalue weighted by Gasteiger charge is -2.10. The highest BCUT2D eigenvalue weighted by Gasteiger charge is 2.14. The number of aryl methyl sites for hydroxylation is 1. The van der Waals surface area contributed by atoms with Crippen LogP contribution in [-0.2, 0) is 9.63 Å². The standard InChI is InChI=1S/C18H17N3O2/c1-13-6-3-4-8-16(13)12-20-23-14(2)18(22)21-17-9-5-7-15(10-17)11-19/h3-10,12,14H,1-2H3,(H,21,22)/b20-12+. The number of amides is 1. The monoisotopic (exact) mass is 307 g/mol. The number of carbonyl (C=O) groups excluding carboxylic acids is 1. The molecule has 5 heteroatoms. The van der Waals surface area contributed by atoms with E-state index in [9.17, 15) is 4.79 Å². The second-order valence-corrected chi connectivity index (χ2v) is 5.02. The molecule has 1 atom stereocenters. The molecule has 0 spiro atoms. The molecule has 0 aliphatic rings. The number of oxime groups is 1. The van der Waals surface area contributed by atoms with Crippen molar-refractivity contribution in [2.24, 2.45) is 5.16 Å². The van der Waals surface area contributed by atoms with Crippen LogP contribution in [-0.4, -0.2) is 18.2 Å². The lowest BCUT2D eigenvalue weighted by atomic mass is 10.1. The number of hydrogen-bond acceptors (Lipinski definition) is 4. The third kappa shape index (κ3) is 4.68. The first-order chi connectivity index (χ1) is 11.1. The first kappa shape index (κ1) is 16.2. The van der Waals surface area contributed by atoms with Crippen molar-refractivity contribution in [3.05, 3.63) is 65.2 Å². The lowest BCUT2D eigenvalue weighted by Crippen LogP contribution is -2.26. The van der Waals surface area contributed by atoms with Gasteiger partial charge in [0, 0.05) is 5.69 Å². The van der Waals surface area contributed by atoms with Gasteiger partial charge < -0.3 is 10.2 Å². The summed E-state index contributed by atoms with van der Waals surface area (Å²) in [7, 11) is 0. The molecule has 1 unspecified atom stereocenters. The van der Waals surface area contributed by atoms with E-state index in [0.717, 1.165) is 11.1 Å². The van der Waals surface area contributed by atoms with Crippen molar-refractivity contribution in [2.45, 2.75) is 20.0 Å². The van der Waals surface area contributed by atoms with Gasteiger partial charge in [-0.3, -0.25) is 4.79 Å². The molecule has 2 aromatic rings. The third-order valence-electron chi connectivity index (χ3n) is 3.23. The molecule has 116 valence electrons.